The van der Waals surface area contributed by atoms with E-state index in [9.17, 15) is 14.7 Å². The van der Waals surface area contributed by atoms with E-state index in [1.807, 2.05) is 30.3 Å². The van der Waals surface area contributed by atoms with Crippen LogP contribution >= 0.6 is 15.9 Å². The zero-order chi connectivity index (χ0) is 22.8. The first-order valence-corrected chi connectivity index (χ1v) is 10.8. The second-order valence-corrected chi connectivity index (χ2v) is 8.43. The number of halogens is 1. The fourth-order valence-corrected chi connectivity index (χ4v) is 4.49. The van der Waals surface area contributed by atoms with Crippen molar-refractivity contribution in [1.29, 1.82) is 0 Å². The Morgan fingerprint density at radius 3 is 2.41 bits per heavy atom. The molecule has 0 saturated carbocycles. The number of nitrogens with zero attached hydrogens (tertiary/aromatic N) is 1. The van der Waals surface area contributed by atoms with E-state index < -0.39 is 17.9 Å². The van der Waals surface area contributed by atoms with Crippen molar-refractivity contribution >= 4 is 27.8 Å². The van der Waals surface area contributed by atoms with Crippen molar-refractivity contribution in [3.05, 3.63) is 93.5 Å². The number of amides is 1. The van der Waals surface area contributed by atoms with E-state index in [1.165, 1.54) is 0 Å². The Balaban J connectivity index is 1.87. The van der Waals surface area contributed by atoms with Gasteiger partial charge in [0, 0.05) is 21.7 Å². The molecule has 164 valence electrons. The topological polar surface area (TPSA) is 76.1 Å². The average Bonchev–Trinajstić information content (AvgIpc) is 2.81. The predicted molar refractivity (Wildman–Crippen MR) is 123 cm³/mol. The van der Waals surface area contributed by atoms with Gasteiger partial charge < -0.3 is 19.5 Å². The Kier molecular flexibility index (Phi) is 6.19. The van der Waals surface area contributed by atoms with Crippen molar-refractivity contribution < 1.29 is 24.2 Å². The molecule has 0 aromatic heterocycles. The number of carbonyl (C=O) groups excluding carboxylic acids is 1. The maximum absolute atomic E-state index is 13.6. The van der Waals surface area contributed by atoms with Gasteiger partial charge in [-0.3, -0.25) is 9.59 Å². The van der Waals surface area contributed by atoms with Gasteiger partial charge in [0.25, 0.3) is 5.91 Å². The highest BCUT2D eigenvalue weighted by Gasteiger charge is 2.44. The van der Waals surface area contributed by atoms with Crippen LogP contribution in [0.15, 0.2) is 71.2 Å². The first-order valence-electron chi connectivity index (χ1n) is 10.0. The number of ether oxygens (including phenoxy) is 2. The minimum Gasteiger partial charge on any atom is -0.497 e. The van der Waals surface area contributed by atoms with Gasteiger partial charge in [-0.1, -0.05) is 46.3 Å². The van der Waals surface area contributed by atoms with Crippen LogP contribution in [0.4, 0.5) is 0 Å². The van der Waals surface area contributed by atoms with Gasteiger partial charge in [0.1, 0.15) is 17.4 Å². The molecule has 6 nitrogen and oxygen atoms in total. The second-order valence-electron chi connectivity index (χ2n) is 7.51. The van der Waals surface area contributed by atoms with E-state index in [2.05, 4.69) is 15.9 Å². The van der Waals surface area contributed by atoms with Crippen LogP contribution in [0.3, 0.4) is 0 Å². The molecule has 0 spiro atoms. The smallest absolute Gasteiger partial charge is 0.313 e. The maximum atomic E-state index is 13.6. The molecule has 3 aromatic rings. The first kappa shape index (κ1) is 21.9. The molecule has 0 fully saturated rings. The summed E-state index contributed by atoms with van der Waals surface area (Å²) in [5, 5.41) is 10.2. The standard InChI is InChI=1S/C25H22BrNO5/c1-31-18-12-9-16(21(13-18)32-2)14-27-23(15-7-10-17(26)11-8-15)22(25(29)30)19-5-3-4-6-20(19)24(27)28/h3-13,22-23H,14H2,1-2H3,(H,29,30). The number of hydrogen-bond donors (Lipinski definition) is 1. The number of hydrogen-bond acceptors (Lipinski definition) is 4. The number of carboxylic acids is 1. The van der Waals surface area contributed by atoms with Gasteiger partial charge in [-0.15, -0.1) is 0 Å². The summed E-state index contributed by atoms with van der Waals surface area (Å²) in [6.07, 6.45) is 0. The van der Waals surface area contributed by atoms with E-state index in [4.69, 9.17) is 9.47 Å². The van der Waals surface area contributed by atoms with Gasteiger partial charge >= 0.3 is 5.97 Å². The van der Waals surface area contributed by atoms with Crippen molar-refractivity contribution in [2.75, 3.05) is 14.2 Å². The van der Waals surface area contributed by atoms with E-state index in [1.54, 1.807) is 55.5 Å². The normalized spacial score (nSPS) is 17.6. The fourth-order valence-electron chi connectivity index (χ4n) is 4.23. The molecule has 1 aliphatic heterocycles. The number of methoxy groups -OCH3 is 2. The van der Waals surface area contributed by atoms with Crippen LogP contribution < -0.4 is 9.47 Å². The van der Waals surface area contributed by atoms with Crippen molar-refractivity contribution in [2.24, 2.45) is 0 Å². The Morgan fingerprint density at radius 2 is 1.75 bits per heavy atom. The molecule has 1 N–H and O–H groups in total. The van der Waals surface area contributed by atoms with Crippen LogP contribution in [-0.4, -0.2) is 36.1 Å². The lowest BCUT2D eigenvalue weighted by Crippen LogP contribution is -2.44. The van der Waals surface area contributed by atoms with E-state index in [0.717, 1.165) is 15.6 Å². The minimum atomic E-state index is -0.982. The maximum Gasteiger partial charge on any atom is 0.313 e. The van der Waals surface area contributed by atoms with Crippen molar-refractivity contribution in [2.45, 2.75) is 18.5 Å². The Hall–Kier alpha value is -3.32. The van der Waals surface area contributed by atoms with E-state index in [0.29, 0.717) is 22.6 Å². The van der Waals surface area contributed by atoms with Crippen LogP contribution in [0.1, 0.15) is 39.0 Å². The first-order chi connectivity index (χ1) is 15.4. The molecule has 0 bridgehead atoms. The third-order valence-corrected chi connectivity index (χ3v) is 6.28. The molecular formula is C25H22BrNO5. The highest BCUT2D eigenvalue weighted by Crippen LogP contribution is 2.44. The third-order valence-electron chi connectivity index (χ3n) is 5.75. The highest BCUT2D eigenvalue weighted by molar-refractivity contribution is 9.10. The molecule has 2 atom stereocenters. The molecule has 1 heterocycles. The third kappa shape index (κ3) is 3.96. The number of benzene rings is 3. The molecule has 0 radical (unpaired) electrons. The lowest BCUT2D eigenvalue weighted by molar-refractivity contribution is -0.140. The van der Waals surface area contributed by atoms with Crippen LogP contribution in [0.2, 0.25) is 0 Å². The number of carboxylic acid groups (broad SMARTS) is 1. The van der Waals surface area contributed by atoms with Crippen LogP contribution in [0.5, 0.6) is 11.5 Å². The molecule has 1 amide bonds. The minimum absolute atomic E-state index is 0.185. The summed E-state index contributed by atoms with van der Waals surface area (Å²) in [6.45, 7) is 0.185. The van der Waals surface area contributed by atoms with Gasteiger partial charge in [0.2, 0.25) is 0 Å². The van der Waals surface area contributed by atoms with Crippen LogP contribution in [-0.2, 0) is 11.3 Å². The molecular weight excluding hydrogens is 474 g/mol. The lowest BCUT2D eigenvalue weighted by Gasteiger charge is -2.41. The zero-order valence-electron chi connectivity index (χ0n) is 17.6. The molecule has 3 aromatic carbocycles. The summed E-state index contributed by atoms with van der Waals surface area (Å²) in [4.78, 5) is 27.7. The highest BCUT2D eigenvalue weighted by atomic mass is 79.9. The molecule has 0 saturated heterocycles. The average molecular weight is 496 g/mol. The van der Waals surface area contributed by atoms with Gasteiger partial charge in [-0.2, -0.15) is 0 Å². The fraction of sp³-hybridized carbons (Fsp3) is 0.200. The van der Waals surface area contributed by atoms with E-state index >= 15 is 0 Å². The number of aliphatic carboxylic acids is 1. The van der Waals surface area contributed by atoms with Crippen molar-refractivity contribution in [3.63, 3.8) is 0 Å². The van der Waals surface area contributed by atoms with Gasteiger partial charge in [0.05, 0.1) is 26.8 Å². The second kappa shape index (κ2) is 9.04. The van der Waals surface area contributed by atoms with Gasteiger partial charge in [-0.05, 0) is 41.5 Å². The summed E-state index contributed by atoms with van der Waals surface area (Å²) in [5.41, 5.74) is 2.43. The largest absolute Gasteiger partial charge is 0.497 e. The van der Waals surface area contributed by atoms with Gasteiger partial charge in [-0.25, -0.2) is 0 Å². The quantitative estimate of drug-likeness (QED) is 0.518. The van der Waals surface area contributed by atoms with Crippen LogP contribution in [0, 0.1) is 0 Å². The molecule has 1 aliphatic rings. The van der Waals surface area contributed by atoms with Crippen molar-refractivity contribution in [1.82, 2.24) is 4.90 Å². The Morgan fingerprint density at radius 1 is 1.03 bits per heavy atom. The summed E-state index contributed by atoms with van der Waals surface area (Å²) in [5.74, 6) is -0.908. The summed E-state index contributed by atoms with van der Waals surface area (Å²) < 4.78 is 11.7. The monoisotopic (exact) mass is 495 g/mol. The number of carbonyl (C=O) groups is 2. The summed E-state index contributed by atoms with van der Waals surface area (Å²) >= 11 is 3.43. The SMILES string of the molecule is COc1ccc(CN2C(=O)c3ccccc3C(C(=O)O)C2c2ccc(Br)cc2)c(OC)c1. The number of fused-ring (bicyclic) bond motifs is 1. The predicted octanol–water partition coefficient (Wildman–Crippen LogP) is 5.03. The van der Waals surface area contributed by atoms with Crippen LogP contribution in [0.25, 0.3) is 0 Å². The van der Waals surface area contributed by atoms with E-state index in [-0.39, 0.29) is 12.5 Å². The Labute approximate surface area is 194 Å². The molecule has 0 aliphatic carbocycles. The zero-order valence-corrected chi connectivity index (χ0v) is 19.2. The molecule has 4 rings (SSSR count). The molecule has 2 unspecified atom stereocenters. The summed E-state index contributed by atoms with van der Waals surface area (Å²) in [6, 6.07) is 19.0. The number of rotatable bonds is 6. The summed E-state index contributed by atoms with van der Waals surface area (Å²) in [7, 11) is 3.12. The van der Waals surface area contributed by atoms with Gasteiger partial charge in [0.15, 0.2) is 0 Å². The molecule has 7 heteroatoms. The Bertz CT molecular complexity index is 1160. The molecule has 32 heavy (non-hydrogen) atoms. The van der Waals surface area contributed by atoms with Crippen molar-refractivity contribution in [3.8, 4) is 11.5 Å². The lowest BCUT2D eigenvalue weighted by atomic mass is 9.79.